The Bertz CT molecular complexity index is 966. The number of nitrogens with one attached hydrogen (secondary N) is 1. The summed E-state index contributed by atoms with van der Waals surface area (Å²) in [7, 11) is 0. The molecule has 17 nitrogen and oxygen atoms in total. The number of nitrogens with zero attached hydrogens (tertiary/aromatic N) is 4. The van der Waals surface area contributed by atoms with Crippen LogP contribution in [0, 0.1) is 6.92 Å². The lowest BCUT2D eigenvalue weighted by Crippen LogP contribution is -2.34. The monoisotopic (exact) mass is 735 g/mol. The highest BCUT2D eigenvalue weighted by Crippen LogP contribution is 2.06. The number of amides is 1. The van der Waals surface area contributed by atoms with Gasteiger partial charge in [0.05, 0.1) is 131 Å². The zero-order chi connectivity index (χ0) is 37.3. The van der Waals surface area contributed by atoms with E-state index < -0.39 is 11.7 Å². The molecule has 1 heterocycles. The van der Waals surface area contributed by atoms with E-state index in [0.29, 0.717) is 138 Å². The van der Waals surface area contributed by atoms with Gasteiger partial charge in [0.15, 0.2) is 0 Å². The van der Waals surface area contributed by atoms with Crippen LogP contribution in [0.4, 0.5) is 4.79 Å². The summed E-state index contributed by atoms with van der Waals surface area (Å²) < 4.78 is 57.3. The Hall–Kier alpha value is -2.32. The molecular formula is C34H65N5O12. The number of aromatic nitrogens is 3. The van der Waals surface area contributed by atoms with Crippen LogP contribution in [-0.4, -0.2) is 182 Å². The van der Waals surface area contributed by atoms with E-state index in [9.17, 15) is 9.59 Å². The Morgan fingerprint density at radius 1 is 0.647 bits per heavy atom. The second kappa shape index (κ2) is 32.3. The van der Waals surface area contributed by atoms with Crippen molar-refractivity contribution in [1.82, 2.24) is 25.2 Å². The first kappa shape index (κ1) is 46.7. The number of carbonyl (C=O) groups is 2. The van der Waals surface area contributed by atoms with Gasteiger partial charge in [-0.1, -0.05) is 5.21 Å². The van der Waals surface area contributed by atoms with Gasteiger partial charge in [-0.15, -0.1) is 5.10 Å². The largest absolute Gasteiger partial charge is 0.444 e. The molecule has 0 atom stereocenters. The normalized spacial score (nSPS) is 11.8. The number of ketones is 1. The van der Waals surface area contributed by atoms with Crippen LogP contribution < -0.4 is 5.32 Å². The minimum absolute atomic E-state index is 0.115. The lowest BCUT2D eigenvalue weighted by molar-refractivity contribution is -0.118. The average molecular weight is 736 g/mol. The first-order chi connectivity index (χ1) is 24.7. The topological polar surface area (TPSA) is 172 Å². The van der Waals surface area contributed by atoms with Gasteiger partial charge in [-0.2, -0.15) is 0 Å². The highest BCUT2D eigenvalue weighted by atomic mass is 16.6. The molecule has 0 aliphatic carbocycles. The Morgan fingerprint density at radius 2 is 1.06 bits per heavy atom. The number of Topliss-reactive ketones (excluding diaryl/α,β-unsaturated/α-hetero) is 1. The molecule has 0 bridgehead atoms. The van der Waals surface area contributed by atoms with E-state index in [-0.39, 0.29) is 5.78 Å². The van der Waals surface area contributed by atoms with Gasteiger partial charge in [-0.3, -0.25) is 9.69 Å². The summed E-state index contributed by atoms with van der Waals surface area (Å²) in [5, 5.41) is 10.6. The number of ether oxygens (including phenoxy) is 10. The highest BCUT2D eigenvalue weighted by molar-refractivity contribution is 5.75. The summed E-state index contributed by atoms with van der Waals surface area (Å²) >= 11 is 0. The summed E-state index contributed by atoms with van der Waals surface area (Å²) in [6.45, 7) is 20.8. The van der Waals surface area contributed by atoms with Gasteiger partial charge in [-0.25, -0.2) is 9.48 Å². The summed E-state index contributed by atoms with van der Waals surface area (Å²) in [4.78, 5) is 24.8. The first-order valence-electron chi connectivity index (χ1n) is 17.9. The van der Waals surface area contributed by atoms with Crippen LogP contribution in [0.25, 0.3) is 0 Å². The van der Waals surface area contributed by atoms with Gasteiger partial charge in [0.2, 0.25) is 0 Å². The molecule has 0 aromatic carbocycles. The number of aryl methyl sites for hydroxylation is 1. The Balaban J connectivity index is 2.11. The predicted octanol–water partition coefficient (Wildman–Crippen LogP) is 1.54. The van der Waals surface area contributed by atoms with Crippen molar-refractivity contribution in [2.24, 2.45) is 0 Å². The number of rotatable bonds is 36. The minimum Gasteiger partial charge on any atom is -0.444 e. The van der Waals surface area contributed by atoms with Gasteiger partial charge in [-0.05, 0) is 34.6 Å². The van der Waals surface area contributed by atoms with Crippen LogP contribution in [-0.2, 0) is 58.7 Å². The maximum Gasteiger partial charge on any atom is 0.407 e. The predicted molar refractivity (Wildman–Crippen MR) is 188 cm³/mol. The van der Waals surface area contributed by atoms with Gasteiger partial charge in [0.25, 0.3) is 0 Å². The molecule has 1 aromatic rings. The molecule has 1 N–H and O–H groups in total. The Labute approximate surface area is 304 Å². The maximum absolute atomic E-state index is 11.6. The number of hydrogen-bond acceptors (Lipinski definition) is 15. The number of carbonyl (C=O) groups excluding carboxylic acids is 2. The van der Waals surface area contributed by atoms with Crippen LogP contribution >= 0.6 is 0 Å². The molecule has 0 unspecified atom stereocenters. The molecule has 1 aromatic heterocycles. The summed E-state index contributed by atoms with van der Waals surface area (Å²) in [5.74, 6) is 0.115. The lowest BCUT2D eigenvalue weighted by Gasteiger charge is -2.22. The fourth-order valence-corrected chi connectivity index (χ4v) is 3.96. The molecule has 0 radical (unpaired) electrons. The molecule has 1 rings (SSSR count). The van der Waals surface area contributed by atoms with Crippen molar-refractivity contribution in [2.45, 2.75) is 53.2 Å². The first-order valence-corrected chi connectivity index (χ1v) is 17.9. The van der Waals surface area contributed by atoms with Crippen molar-refractivity contribution in [3.8, 4) is 0 Å². The zero-order valence-electron chi connectivity index (χ0n) is 31.7. The Kier molecular flexibility index (Phi) is 29.6. The van der Waals surface area contributed by atoms with Crippen molar-refractivity contribution >= 4 is 11.9 Å². The van der Waals surface area contributed by atoms with Crippen LogP contribution in [0.2, 0.25) is 0 Å². The van der Waals surface area contributed by atoms with Gasteiger partial charge >= 0.3 is 6.09 Å². The molecular weight excluding hydrogens is 670 g/mol. The van der Waals surface area contributed by atoms with Crippen LogP contribution in [0.1, 0.15) is 39.8 Å². The van der Waals surface area contributed by atoms with Crippen LogP contribution in [0.3, 0.4) is 0 Å². The molecule has 0 saturated heterocycles. The van der Waals surface area contributed by atoms with E-state index in [1.54, 1.807) is 11.6 Å². The summed E-state index contributed by atoms with van der Waals surface area (Å²) in [5.41, 5.74) is 0.358. The summed E-state index contributed by atoms with van der Waals surface area (Å²) in [6.07, 6.45) is 1.84. The molecule has 1 amide bonds. The quantitative estimate of drug-likeness (QED) is 0.0984. The van der Waals surface area contributed by atoms with E-state index in [1.807, 2.05) is 33.9 Å². The van der Waals surface area contributed by atoms with Gasteiger partial charge < -0.3 is 52.7 Å². The second-order valence-electron chi connectivity index (χ2n) is 12.4. The van der Waals surface area contributed by atoms with Gasteiger partial charge in [0.1, 0.15) is 11.4 Å². The van der Waals surface area contributed by atoms with E-state index in [0.717, 1.165) is 25.3 Å². The fourth-order valence-electron chi connectivity index (χ4n) is 3.96. The maximum atomic E-state index is 11.6. The molecule has 17 heteroatoms. The molecule has 0 aliphatic rings. The van der Waals surface area contributed by atoms with E-state index in [2.05, 4.69) is 20.5 Å². The van der Waals surface area contributed by atoms with Crippen molar-refractivity contribution in [3.05, 3.63) is 11.9 Å². The third-order valence-electron chi connectivity index (χ3n) is 6.52. The van der Waals surface area contributed by atoms with Crippen molar-refractivity contribution in [3.63, 3.8) is 0 Å². The molecule has 298 valence electrons. The SMILES string of the molecule is CC(=O)CCOCCOCCOCCN(CCOCCOCCOCCNC(=O)OC(C)(C)C)CCOCCOCCOCCn1cc(C)nn1. The number of hydrogen-bond donors (Lipinski definition) is 1. The van der Waals surface area contributed by atoms with E-state index in [4.69, 9.17) is 47.4 Å². The zero-order valence-corrected chi connectivity index (χ0v) is 31.7. The van der Waals surface area contributed by atoms with Crippen LogP contribution in [0.15, 0.2) is 6.20 Å². The third-order valence-corrected chi connectivity index (χ3v) is 6.52. The van der Waals surface area contributed by atoms with Crippen molar-refractivity contribution < 1.29 is 57.0 Å². The molecule has 0 spiro atoms. The number of alkyl carbamates (subject to hydrolysis) is 1. The average Bonchev–Trinajstić information content (AvgIpc) is 3.49. The fraction of sp³-hybridized carbons (Fsp3) is 0.882. The van der Waals surface area contributed by atoms with Gasteiger partial charge in [0, 0.05) is 38.8 Å². The molecule has 0 aliphatic heterocycles. The highest BCUT2D eigenvalue weighted by Gasteiger charge is 2.15. The molecule has 51 heavy (non-hydrogen) atoms. The minimum atomic E-state index is -0.527. The lowest BCUT2D eigenvalue weighted by atomic mass is 10.2. The third kappa shape index (κ3) is 33.3. The summed E-state index contributed by atoms with van der Waals surface area (Å²) in [6, 6.07) is 0. The van der Waals surface area contributed by atoms with Crippen molar-refractivity contribution in [2.75, 3.05) is 145 Å². The standard InChI is InChI=1S/C34H65N5O12/c1-31-30-39(37-36-31)11-17-47-23-29-50-28-22-46-16-10-38(8-14-44-20-26-48-24-18-42-12-6-32(2)40)9-15-45-21-27-49-25-19-43-13-7-35-33(41)51-34(3,4)5/h30H,6-29H2,1-5H3,(H,35,41). The molecule has 0 fully saturated rings. The molecule has 0 saturated carbocycles. The second-order valence-corrected chi connectivity index (χ2v) is 12.4. The van der Waals surface area contributed by atoms with E-state index >= 15 is 0 Å². The smallest absolute Gasteiger partial charge is 0.407 e. The van der Waals surface area contributed by atoms with Crippen molar-refractivity contribution in [1.29, 1.82) is 0 Å². The Morgan fingerprint density at radius 3 is 1.47 bits per heavy atom. The van der Waals surface area contributed by atoms with E-state index in [1.165, 1.54) is 0 Å². The van der Waals surface area contributed by atoms with Crippen LogP contribution in [0.5, 0.6) is 0 Å².